The fraction of sp³-hybridized carbons (Fsp3) is 0.273. The third-order valence-electron chi connectivity index (χ3n) is 2.08. The summed E-state index contributed by atoms with van der Waals surface area (Å²) in [4.78, 5) is 25.4. The van der Waals surface area contributed by atoms with E-state index in [0.29, 0.717) is 0 Å². The number of hydrogen-bond donors (Lipinski definition) is 1. The molecule has 1 N–H and O–H groups in total. The number of nitrogens with zero attached hydrogens (tertiary/aromatic N) is 2. The Kier molecular flexibility index (Phi) is 5.39. The average molecular weight is 304 g/mol. The van der Waals surface area contributed by atoms with Gasteiger partial charge in [-0.3, -0.25) is 20.3 Å². The van der Waals surface area contributed by atoms with Crippen LogP contribution < -0.4 is 5.32 Å². The first-order valence-corrected chi connectivity index (χ1v) is 5.84. The Hall–Kier alpha value is -2.22. The number of nitrogens with one attached hydrogen (secondary N) is 1. The van der Waals surface area contributed by atoms with Crippen molar-refractivity contribution in [1.82, 2.24) is 0 Å². The number of rotatable bonds is 4. The van der Waals surface area contributed by atoms with Crippen LogP contribution in [0.4, 0.5) is 20.6 Å². The summed E-state index contributed by atoms with van der Waals surface area (Å²) in [5.41, 5.74) is -0.759. The molecule has 108 valence electrons. The van der Waals surface area contributed by atoms with Crippen LogP contribution in [0, 0.1) is 21.8 Å². The molecule has 1 amide bonds. The maximum atomic E-state index is 13.1. The molecule has 0 unspecified atom stereocenters. The zero-order chi connectivity index (χ0) is 15.3. The molecule has 1 aromatic carbocycles. The molecule has 0 aliphatic carbocycles. The van der Waals surface area contributed by atoms with E-state index < -0.39 is 22.5 Å². The van der Waals surface area contributed by atoms with Crippen LogP contribution in [0.3, 0.4) is 0 Å². The van der Waals surface area contributed by atoms with E-state index in [2.05, 4.69) is 15.3 Å². The van der Waals surface area contributed by atoms with Crippen molar-refractivity contribution in [2.45, 2.75) is 13.8 Å². The minimum absolute atomic E-state index is 0.000954. The van der Waals surface area contributed by atoms with Crippen LogP contribution in [0.1, 0.15) is 13.8 Å². The number of amides is 1. The van der Waals surface area contributed by atoms with Crippen molar-refractivity contribution in [3.8, 4) is 0 Å². The van der Waals surface area contributed by atoms with Crippen LogP contribution in [-0.2, 0) is 4.84 Å². The summed E-state index contributed by atoms with van der Waals surface area (Å²) in [6.07, 6.45) is -0.996. The van der Waals surface area contributed by atoms with Crippen LogP contribution >= 0.6 is 11.6 Å². The van der Waals surface area contributed by atoms with E-state index in [4.69, 9.17) is 11.6 Å². The lowest BCUT2D eigenvalue weighted by atomic mass is 10.2. The minimum Gasteiger partial charge on any atom is -0.297 e. The van der Waals surface area contributed by atoms with E-state index in [9.17, 15) is 19.3 Å². The lowest BCUT2D eigenvalue weighted by molar-refractivity contribution is -0.387. The van der Waals surface area contributed by atoms with Gasteiger partial charge < -0.3 is 0 Å². The van der Waals surface area contributed by atoms with E-state index in [-0.39, 0.29) is 16.8 Å². The molecule has 9 heteroatoms. The Morgan fingerprint density at radius 2 is 2.20 bits per heavy atom. The van der Waals surface area contributed by atoms with Crippen molar-refractivity contribution in [2.24, 2.45) is 11.1 Å². The second-order valence-electron chi connectivity index (χ2n) is 4.00. The van der Waals surface area contributed by atoms with Gasteiger partial charge in [0.05, 0.1) is 10.6 Å². The van der Waals surface area contributed by atoms with E-state index in [1.165, 1.54) is 0 Å². The molecule has 0 aromatic heterocycles. The minimum atomic E-state index is -1.00. The third kappa shape index (κ3) is 4.47. The average Bonchev–Trinajstić information content (AvgIpc) is 2.37. The summed E-state index contributed by atoms with van der Waals surface area (Å²) >= 11 is 5.66. The van der Waals surface area contributed by atoms with Gasteiger partial charge >= 0.3 is 11.8 Å². The molecule has 0 bridgehead atoms. The largest absolute Gasteiger partial charge is 0.437 e. The zero-order valence-corrected chi connectivity index (χ0v) is 11.3. The lowest BCUT2D eigenvalue weighted by Crippen LogP contribution is -2.12. The molecule has 0 fully saturated rings. The fourth-order valence-electron chi connectivity index (χ4n) is 1.06. The predicted octanol–water partition coefficient (Wildman–Crippen LogP) is 3.49. The standard InChI is InChI=1S/C11H11ClFN3O4/c1-6(2)10(12)15-20-11(17)14-7-3-4-8(13)9(5-7)16(18)19/h3-6H,1-2H3,(H,14,17). The Morgan fingerprint density at radius 3 is 2.75 bits per heavy atom. The van der Waals surface area contributed by atoms with Gasteiger partial charge in [0.25, 0.3) is 0 Å². The Balaban J connectivity index is 2.74. The van der Waals surface area contributed by atoms with Gasteiger partial charge in [0, 0.05) is 12.0 Å². The second kappa shape index (κ2) is 6.80. The predicted molar refractivity (Wildman–Crippen MR) is 71.3 cm³/mol. The molecule has 0 saturated heterocycles. The number of hydrogen-bond acceptors (Lipinski definition) is 5. The molecular weight excluding hydrogens is 293 g/mol. The number of nitro groups is 1. The van der Waals surface area contributed by atoms with Gasteiger partial charge in [-0.05, 0) is 12.1 Å². The number of benzene rings is 1. The van der Waals surface area contributed by atoms with Crippen molar-refractivity contribution in [3.63, 3.8) is 0 Å². The molecule has 0 heterocycles. The SMILES string of the molecule is CC(C)C(Cl)=NOC(=O)Nc1ccc(F)c([N+](=O)[O-])c1. The maximum Gasteiger partial charge on any atom is 0.437 e. The highest BCUT2D eigenvalue weighted by atomic mass is 35.5. The first kappa shape index (κ1) is 15.8. The highest BCUT2D eigenvalue weighted by Gasteiger charge is 2.15. The van der Waals surface area contributed by atoms with Gasteiger partial charge in [-0.15, -0.1) is 0 Å². The molecule has 1 rings (SSSR count). The van der Waals surface area contributed by atoms with Gasteiger partial charge in [0.1, 0.15) is 5.17 Å². The molecule has 20 heavy (non-hydrogen) atoms. The lowest BCUT2D eigenvalue weighted by Gasteiger charge is -2.04. The number of nitro benzene ring substituents is 1. The van der Waals surface area contributed by atoms with Gasteiger partial charge in [0.15, 0.2) is 0 Å². The smallest absolute Gasteiger partial charge is 0.297 e. The van der Waals surface area contributed by atoms with Crippen molar-refractivity contribution in [2.75, 3.05) is 5.32 Å². The fourth-order valence-corrected chi connectivity index (χ4v) is 1.10. The van der Waals surface area contributed by atoms with Crippen LogP contribution in [0.15, 0.2) is 23.4 Å². The van der Waals surface area contributed by atoms with E-state index in [1.807, 2.05) is 0 Å². The summed E-state index contributed by atoms with van der Waals surface area (Å²) in [5, 5.41) is 16.1. The molecule has 0 aliphatic rings. The molecule has 0 atom stereocenters. The van der Waals surface area contributed by atoms with Crippen molar-refractivity contribution >= 4 is 34.2 Å². The number of halogens is 2. The number of oxime groups is 1. The van der Waals surface area contributed by atoms with Crippen LogP contribution in [0.25, 0.3) is 0 Å². The normalized spacial score (nSPS) is 11.3. The number of carbonyl (C=O) groups excluding carboxylic acids is 1. The van der Waals surface area contributed by atoms with Crippen LogP contribution in [-0.4, -0.2) is 16.2 Å². The van der Waals surface area contributed by atoms with Crippen molar-refractivity contribution in [1.29, 1.82) is 0 Å². The number of anilines is 1. The summed E-state index contributed by atoms with van der Waals surface area (Å²) in [5.74, 6) is -1.12. The third-order valence-corrected chi connectivity index (χ3v) is 2.59. The molecule has 0 radical (unpaired) electrons. The Bertz CT molecular complexity index is 563. The van der Waals surface area contributed by atoms with E-state index in [1.54, 1.807) is 13.8 Å². The van der Waals surface area contributed by atoms with Gasteiger partial charge in [-0.2, -0.15) is 4.39 Å². The number of carbonyl (C=O) groups is 1. The van der Waals surface area contributed by atoms with Crippen LogP contribution in [0.2, 0.25) is 0 Å². The quantitative estimate of drug-likeness (QED) is 0.398. The molecule has 1 aromatic rings. The van der Waals surface area contributed by atoms with E-state index in [0.717, 1.165) is 18.2 Å². The Labute approximate surface area is 118 Å². The highest BCUT2D eigenvalue weighted by Crippen LogP contribution is 2.21. The summed E-state index contributed by atoms with van der Waals surface area (Å²) in [6.45, 7) is 3.49. The Morgan fingerprint density at radius 1 is 1.55 bits per heavy atom. The summed E-state index contributed by atoms with van der Waals surface area (Å²) in [6, 6.07) is 2.87. The molecule has 0 aliphatic heterocycles. The topological polar surface area (TPSA) is 93.8 Å². The molecule has 0 saturated carbocycles. The molecule has 7 nitrogen and oxygen atoms in total. The molecule has 0 spiro atoms. The zero-order valence-electron chi connectivity index (χ0n) is 10.6. The summed E-state index contributed by atoms with van der Waals surface area (Å²) in [7, 11) is 0. The first-order valence-electron chi connectivity index (χ1n) is 5.46. The monoisotopic (exact) mass is 303 g/mol. The van der Waals surface area contributed by atoms with E-state index >= 15 is 0 Å². The van der Waals surface area contributed by atoms with Gasteiger partial charge in [-0.1, -0.05) is 30.6 Å². The summed E-state index contributed by atoms with van der Waals surface area (Å²) < 4.78 is 13.1. The molecular formula is C11H11ClFN3O4. The highest BCUT2D eigenvalue weighted by molar-refractivity contribution is 6.65. The first-order chi connectivity index (χ1) is 9.31. The van der Waals surface area contributed by atoms with Gasteiger partial charge in [0.2, 0.25) is 5.82 Å². The maximum absolute atomic E-state index is 13.1. The second-order valence-corrected chi connectivity index (χ2v) is 4.38. The van der Waals surface area contributed by atoms with Crippen molar-refractivity contribution < 1.29 is 18.9 Å². The van der Waals surface area contributed by atoms with Crippen molar-refractivity contribution in [3.05, 3.63) is 34.1 Å². The van der Waals surface area contributed by atoms with Crippen LogP contribution in [0.5, 0.6) is 0 Å². The van der Waals surface area contributed by atoms with Gasteiger partial charge in [-0.25, -0.2) is 4.79 Å².